The molecule has 0 saturated carbocycles. The van der Waals surface area contributed by atoms with Gasteiger partial charge >= 0.3 is 0 Å². The number of nitrogens with zero attached hydrogens (tertiary/aromatic N) is 2. The van der Waals surface area contributed by atoms with E-state index in [-0.39, 0.29) is 0 Å². The van der Waals surface area contributed by atoms with Crippen LogP contribution in [0.15, 0.2) is 27.6 Å². The molecule has 2 aromatic rings. The van der Waals surface area contributed by atoms with E-state index >= 15 is 0 Å². The van der Waals surface area contributed by atoms with E-state index in [0.29, 0.717) is 28.2 Å². The molecule has 96 valence electrons. The minimum atomic E-state index is 0.569. The number of halogens is 1. The molecule has 1 aromatic carbocycles. The third-order valence-corrected chi connectivity index (χ3v) is 3.63. The first-order valence-corrected chi connectivity index (χ1v) is 7.04. The van der Waals surface area contributed by atoms with Crippen LogP contribution in [-0.2, 0) is 12.2 Å². The minimum Gasteiger partial charge on any atom is -0.398 e. The van der Waals surface area contributed by atoms with Crippen LogP contribution in [0.5, 0.6) is 0 Å². The van der Waals surface area contributed by atoms with Crippen LogP contribution >= 0.6 is 23.4 Å². The van der Waals surface area contributed by atoms with Gasteiger partial charge < -0.3 is 10.3 Å². The van der Waals surface area contributed by atoms with E-state index in [1.807, 2.05) is 12.1 Å². The lowest BCUT2D eigenvalue weighted by atomic mass is 10.3. The summed E-state index contributed by atoms with van der Waals surface area (Å²) in [5, 5.41) is 4.49. The Balaban J connectivity index is 1.95. The summed E-state index contributed by atoms with van der Waals surface area (Å²) in [4.78, 5) is 5.34. The van der Waals surface area contributed by atoms with Gasteiger partial charge in [-0.25, -0.2) is 0 Å². The molecule has 0 atom stereocenters. The van der Waals surface area contributed by atoms with E-state index in [1.54, 1.807) is 17.8 Å². The highest BCUT2D eigenvalue weighted by atomic mass is 35.5. The number of rotatable bonds is 5. The fraction of sp³-hybridized carbons (Fsp3) is 0.333. The highest BCUT2D eigenvalue weighted by Gasteiger charge is 2.06. The van der Waals surface area contributed by atoms with E-state index < -0.39 is 0 Å². The summed E-state index contributed by atoms with van der Waals surface area (Å²) in [6.45, 7) is 2.08. The fourth-order valence-electron chi connectivity index (χ4n) is 1.41. The lowest BCUT2D eigenvalue weighted by molar-refractivity contribution is 0.373. The van der Waals surface area contributed by atoms with Gasteiger partial charge in [0.2, 0.25) is 5.89 Å². The van der Waals surface area contributed by atoms with Crippen molar-refractivity contribution in [2.45, 2.75) is 30.4 Å². The number of nitrogens with two attached hydrogens (primary N) is 1. The van der Waals surface area contributed by atoms with Crippen LogP contribution in [0.25, 0.3) is 0 Å². The molecule has 0 saturated heterocycles. The summed E-state index contributed by atoms with van der Waals surface area (Å²) in [5.41, 5.74) is 6.24. The number of aryl methyl sites for hydroxylation is 1. The Labute approximate surface area is 115 Å². The average molecular weight is 284 g/mol. The Morgan fingerprint density at radius 1 is 1.44 bits per heavy atom. The zero-order valence-corrected chi connectivity index (χ0v) is 11.6. The standard InChI is InChI=1S/C12H14ClN3OS/c1-2-3-12-15-11(16-17-12)7-18-8-4-5-10(14)9(13)6-8/h4-6H,2-3,7,14H2,1H3. The van der Waals surface area contributed by atoms with Crippen molar-refractivity contribution in [1.82, 2.24) is 10.1 Å². The highest BCUT2D eigenvalue weighted by molar-refractivity contribution is 7.98. The van der Waals surface area contributed by atoms with Gasteiger partial charge in [-0.05, 0) is 24.6 Å². The molecule has 2 rings (SSSR count). The zero-order chi connectivity index (χ0) is 13.0. The number of hydrogen-bond acceptors (Lipinski definition) is 5. The average Bonchev–Trinajstić information content (AvgIpc) is 2.79. The van der Waals surface area contributed by atoms with Crippen molar-refractivity contribution in [1.29, 1.82) is 0 Å². The fourth-order valence-corrected chi connectivity index (χ4v) is 2.43. The number of thioether (sulfide) groups is 1. The van der Waals surface area contributed by atoms with Crippen molar-refractivity contribution in [3.8, 4) is 0 Å². The molecule has 1 heterocycles. The van der Waals surface area contributed by atoms with Crippen LogP contribution in [0, 0.1) is 0 Å². The van der Waals surface area contributed by atoms with Crippen molar-refractivity contribution in [3.05, 3.63) is 34.9 Å². The normalized spacial score (nSPS) is 10.8. The molecular weight excluding hydrogens is 270 g/mol. The Morgan fingerprint density at radius 2 is 2.28 bits per heavy atom. The third-order valence-electron chi connectivity index (χ3n) is 2.31. The Kier molecular flexibility index (Phi) is 4.49. The second kappa shape index (κ2) is 6.11. The number of anilines is 1. The topological polar surface area (TPSA) is 64.9 Å². The monoisotopic (exact) mass is 283 g/mol. The molecular formula is C12H14ClN3OS. The van der Waals surface area contributed by atoms with E-state index in [9.17, 15) is 0 Å². The summed E-state index contributed by atoms with van der Waals surface area (Å²) < 4.78 is 5.12. The molecule has 0 radical (unpaired) electrons. The second-order valence-electron chi connectivity index (χ2n) is 3.83. The van der Waals surface area contributed by atoms with Crippen molar-refractivity contribution in [3.63, 3.8) is 0 Å². The van der Waals surface area contributed by atoms with Crippen molar-refractivity contribution >= 4 is 29.1 Å². The van der Waals surface area contributed by atoms with Crippen LogP contribution in [0.2, 0.25) is 5.02 Å². The van der Waals surface area contributed by atoms with Gasteiger partial charge in [-0.2, -0.15) is 4.98 Å². The number of aromatic nitrogens is 2. The highest BCUT2D eigenvalue weighted by Crippen LogP contribution is 2.27. The summed E-state index contributed by atoms with van der Waals surface area (Å²) >= 11 is 7.56. The molecule has 0 aliphatic heterocycles. The third kappa shape index (κ3) is 3.40. The molecule has 0 aliphatic rings. The molecule has 0 unspecified atom stereocenters. The maximum absolute atomic E-state index is 5.95. The lowest BCUT2D eigenvalue weighted by Crippen LogP contribution is -1.88. The van der Waals surface area contributed by atoms with Crippen LogP contribution in [0.1, 0.15) is 25.1 Å². The van der Waals surface area contributed by atoms with E-state index in [4.69, 9.17) is 21.9 Å². The first kappa shape index (κ1) is 13.2. The maximum atomic E-state index is 5.95. The zero-order valence-electron chi connectivity index (χ0n) is 10.0. The molecule has 0 spiro atoms. The second-order valence-corrected chi connectivity index (χ2v) is 5.28. The van der Waals surface area contributed by atoms with Gasteiger partial charge in [0.25, 0.3) is 0 Å². The summed E-state index contributed by atoms with van der Waals surface area (Å²) in [5.74, 6) is 2.06. The maximum Gasteiger partial charge on any atom is 0.226 e. The van der Waals surface area contributed by atoms with Gasteiger partial charge in [0.15, 0.2) is 5.82 Å². The van der Waals surface area contributed by atoms with Crippen LogP contribution in [0.4, 0.5) is 5.69 Å². The van der Waals surface area contributed by atoms with Gasteiger partial charge in [-0.15, -0.1) is 11.8 Å². The van der Waals surface area contributed by atoms with Crippen LogP contribution in [-0.4, -0.2) is 10.1 Å². The largest absolute Gasteiger partial charge is 0.398 e. The van der Waals surface area contributed by atoms with Gasteiger partial charge in [-0.1, -0.05) is 23.7 Å². The van der Waals surface area contributed by atoms with Gasteiger partial charge in [0.1, 0.15) is 0 Å². The molecule has 0 aliphatic carbocycles. The Bertz CT molecular complexity index is 530. The molecule has 18 heavy (non-hydrogen) atoms. The minimum absolute atomic E-state index is 0.569. The van der Waals surface area contributed by atoms with Crippen LogP contribution < -0.4 is 5.73 Å². The van der Waals surface area contributed by atoms with Gasteiger partial charge in [-0.3, -0.25) is 0 Å². The van der Waals surface area contributed by atoms with Crippen molar-refractivity contribution in [2.75, 3.05) is 5.73 Å². The Morgan fingerprint density at radius 3 is 3.00 bits per heavy atom. The van der Waals surface area contributed by atoms with Gasteiger partial charge in [0, 0.05) is 11.3 Å². The van der Waals surface area contributed by atoms with Crippen LogP contribution in [0.3, 0.4) is 0 Å². The first-order valence-electron chi connectivity index (χ1n) is 5.68. The molecule has 6 heteroatoms. The number of nitrogen functional groups attached to an aromatic ring is 1. The summed E-state index contributed by atoms with van der Waals surface area (Å²) in [6, 6.07) is 5.57. The molecule has 1 aromatic heterocycles. The number of benzene rings is 1. The quantitative estimate of drug-likeness (QED) is 0.671. The summed E-state index contributed by atoms with van der Waals surface area (Å²) in [7, 11) is 0. The summed E-state index contributed by atoms with van der Waals surface area (Å²) in [6.07, 6.45) is 1.83. The van der Waals surface area contributed by atoms with Gasteiger partial charge in [0.05, 0.1) is 16.5 Å². The van der Waals surface area contributed by atoms with E-state index in [0.717, 1.165) is 17.7 Å². The van der Waals surface area contributed by atoms with Crippen molar-refractivity contribution in [2.24, 2.45) is 0 Å². The molecule has 0 bridgehead atoms. The van der Waals surface area contributed by atoms with Crippen molar-refractivity contribution < 1.29 is 4.52 Å². The molecule has 0 fully saturated rings. The molecule has 4 nitrogen and oxygen atoms in total. The predicted octanol–water partition coefficient (Wildman–Crippen LogP) is 3.55. The van der Waals surface area contributed by atoms with E-state index in [2.05, 4.69) is 17.1 Å². The van der Waals surface area contributed by atoms with E-state index in [1.165, 1.54) is 0 Å². The molecule has 0 amide bonds. The number of hydrogen-bond donors (Lipinski definition) is 1. The first-order chi connectivity index (χ1) is 8.69. The SMILES string of the molecule is CCCc1nc(CSc2ccc(N)c(Cl)c2)no1. The molecule has 2 N–H and O–H groups in total. The smallest absolute Gasteiger partial charge is 0.226 e. The Hall–Kier alpha value is -1.20. The predicted molar refractivity (Wildman–Crippen MR) is 73.7 cm³/mol. The lowest BCUT2D eigenvalue weighted by Gasteiger charge is -2.01.